The molecule has 0 amide bonds. The van der Waals surface area contributed by atoms with Crippen molar-refractivity contribution in [2.45, 2.75) is 0 Å². The molecule has 0 aromatic heterocycles. The topological polar surface area (TPSA) is 30.7 Å². The van der Waals surface area contributed by atoms with Crippen molar-refractivity contribution in [3.05, 3.63) is 88.9 Å². The summed E-state index contributed by atoms with van der Waals surface area (Å²) in [5.41, 5.74) is 1.76. The van der Waals surface area contributed by atoms with E-state index in [1.165, 1.54) is 0 Å². The van der Waals surface area contributed by atoms with Gasteiger partial charge in [-0.1, -0.05) is 60.7 Å². The lowest BCUT2D eigenvalue weighted by Gasteiger charge is -2.10. The van der Waals surface area contributed by atoms with Gasteiger partial charge in [-0.2, -0.15) is 0 Å². The van der Waals surface area contributed by atoms with Gasteiger partial charge in [0.05, 0.1) is 6.57 Å². The van der Waals surface area contributed by atoms with Gasteiger partial charge >= 0.3 is 5.97 Å². The van der Waals surface area contributed by atoms with Gasteiger partial charge in [0.2, 0.25) is 0 Å². The standard InChI is InChI=1S/C24H11NO2/c1-3-4-5-6-7-14-19-27-24(26)23(25-2)22(20-15-10-8-11-16-20)21-17-12-9-13-18-21/h1,8-13,15-18H. The number of carbonyl (C=O) groups is 1. The van der Waals surface area contributed by atoms with Gasteiger partial charge in [0.15, 0.2) is 0 Å². The molecule has 124 valence electrons. The number of terminal acetylenes is 1. The van der Waals surface area contributed by atoms with E-state index in [1.54, 1.807) is 0 Å². The van der Waals surface area contributed by atoms with Gasteiger partial charge in [-0.3, -0.25) is 4.79 Å². The van der Waals surface area contributed by atoms with E-state index in [2.05, 4.69) is 46.5 Å². The molecule has 0 bridgehead atoms. The van der Waals surface area contributed by atoms with Crippen LogP contribution in [0.15, 0.2) is 66.4 Å². The smallest absolute Gasteiger partial charge is 0.351 e. The van der Waals surface area contributed by atoms with Crippen molar-refractivity contribution in [2.24, 2.45) is 0 Å². The van der Waals surface area contributed by atoms with Crippen LogP contribution in [0.4, 0.5) is 0 Å². The van der Waals surface area contributed by atoms with Crippen LogP contribution in [-0.4, -0.2) is 5.97 Å². The van der Waals surface area contributed by atoms with Crippen LogP contribution in [0, 0.1) is 54.6 Å². The second-order valence-corrected chi connectivity index (χ2v) is 4.83. The Bertz CT molecular complexity index is 1080. The molecule has 0 fully saturated rings. The summed E-state index contributed by atoms with van der Waals surface area (Å²) in [6.45, 7) is 7.47. The van der Waals surface area contributed by atoms with Crippen LogP contribution in [0.1, 0.15) is 11.1 Å². The molecule has 0 aliphatic carbocycles. The zero-order valence-corrected chi connectivity index (χ0v) is 14.1. The maximum absolute atomic E-state index is 12.4. The first-order valence-corrected chi connectivity index (χ1v) is 7.67. The third kappa shape index (κ3) is 5.45. The van der Waals surface area contributed by atoms with E-state index >= 15 is 0 Å². The van der Waals surface area contributed by atoms with E-state index in [9.17, 15) is 4.79 Å². The Kier molecular flexibility index (Phi) is 7.13. The summed E-state index contributed by atoms with van der Waals surface area (Å²) < 4.78 is 4.86. The summed E-state index contributed by atoms with van der Waals surface area (Å²) in [6, 6.07) is 18.3. The van der Waals surface area contributed by atoms with Gasteiger partial charge < -0.3 is 4.74 Å². The van der Waals surface area contributed by atoms with Crippen LogP contribution in [-0.2, 0) is 9.53 Å². The van der Waals surface area contributed by atoms with Gasteiger partial charge in [-0.25, -0.2) is 4.85 Å². The number of carbonyl (C=O) groups excluding carboxylic acids is 1. The molecule has 0 spiro atoms. The van der Waals surface area contributed by atoms with Gasteiger partial charge in [0, 0.05) is 23.3 Å². The number of hydrogen-bond donors (Lipinski definition) is 0. The zero-order chi connectivity index (χ0) is 19.3. The van der Waals surface area contributed by atoms with Gasteiger partial charge in [0.1, 0.15) is 6.11 Å². The third-order valence-electron chi connectivity index (χ3n) is 3.18. The van der Waals surface area contributed by atoms with E-state index in [-0.39, 0.29) is 5.70 Å². The molecule has 0 unspecified atom stereocenters. The van der Waals surface area contributed by atoms with E-state index in [0.717, 1.165) is 11.1 Å². The van der Waals surface area contributed by atoms with Gasteiger partial charge in [-0.15, -0.1) is 6.42 Å². The van der Waals surface area contributed by atoms with Crippen molar-refractivity contribution in [2.75, 3.05) is 0 Å². The second-order valence-electron chi connectivity index (χ2n) is 4.83. The number of hydrogen-bond acceptors (Lipinski definition) is 2. The van der Waals surface area contributed by atoms with Gasteiger partial charge in [-0.05, 0) is 28.9 Å². The van der Waals surface area contributed by atoms with Crippen molar-refractivity contribution in [3.8, 4) is 48.1 Å². The number of benzene rings is 2. The predicted octanol–water partition coefficient (Wildman–Crippen LogP) is 3.51. The van der Waals surface area contributed by atoms with Crippen LogP contribution >= 0.6 is 0 Å². The normalized spacial score (nSPS) is 7.93. The Morgan fingerprint density at radius 1 is 0.852 bits per heavy atom. The Hall–Kier alpha value is -4.62. The van der Waals surface area contributed by atoms with Crippen LogP contribution in [0.5, 0.6) is 0 Å². The minimum atomic E-state index is -0.850. The molecule has 27 heavy (non-hydrogen) atoms. The van der Waals surface area contributed by atoms with Crippen LogP contribution in [0.2, 0.25) is 0 Å². The second kappa shape index (κ2) is 10.3. The van der Waals surface area contributed by atoms with Gasteiger partial charge in [0.25, 0.3) is 5.70 Å². The molecule has 0 N–H and O–H groups in total. The molecular weight excluding hydrogens is 334 g/mol. The highest BCUT2D eigenvalue weighted by Crippen LogP contribution is 2.28. The highest BCUT2D eigenvalue weighted by molar-refractivity contribution is 6.03. The molecule has 3 nitrogen and oxygen atoms in total. The minimum absolute atomic E-state index is 0.165. The first-order chi connectivity index (χ1) is 13.3. The predicted molar refractivity (Wildman–Crippen MR) is 104 cm³/mol. The summed E-state index contributed by atoms with van der Waals surface area (Å²) in [4.78, 5) is 15.8. The Morgan fingerprint density at radius 2 is 1.37 bits per heavy atom. The largest absolute Gasteiger partial charge is 0.376 e. The average molecular weight is 345 g/mol. The van der Waals surface area contributed by atoms with Crippen LogP contribution in [0.3, 0.4) is 0 Å². The fraction of sp³-hybridized carbons (Fsp3) is 0. The van der Waals surface area contributed by atoms with Crippen molar-refractivity contribution < 1.29 is 9.53 Å². The molecule has 0 atom stereocenters. The maximum Gasteiger partial charge on any atom is 0.351 e. The number of rotatable bonds is 3. The molecule has 0 saturated heterocycles. The highest BCUT2D eigenvalue weighted by Gasteiger charge is 2.20. The lowest BCUT2D eigenvalue weighted by molar-refractivity contribution is -0.132. The summed E-state index contributed by atoms with van der Waals surface area (Å²) in [6.07, 6.45) is 7.12. The first kappa shape index (κ1) is 18.7. The van der Waals surface area contributed by atoms with E-state index in [0.29, 0.717) is 5.57 Å². The summed E-state index contributed by atoms with van der Waals surface area (Å²) in [5.74, 6) is 13.0. The summed E-state index contributed by atoms with van der Waals surface area (Å²) in [7, 11) is 0. The first-order valence-electron chi connectivity index (χ1n) is 7.67. The molecule has 2 rings (SSSR count). The molecule has 0 heterocycles. The molecule has 0 aliphatic rings. The minimum Gasteiger partial charge on any atom is -0.376 e. The maximum atomic E-state index is 12.4. The highest BCUT2D eigenvalue weighted by atomic mass is 16.5. The van der Waals surface area contributed by atoms with E-state index in [1.807, 2.05) is 60.7 Å². The lowest BCUT2D eigenvalue weighted by atomic mass is 9.96. The van der Waals surface area contributed by atoms with Crippen molar-refractivity contribution >= 4 is 11.5 Å². The van der Waals surface area contributed by atoms with Crippen molar-refractivity contribution in [1.82, 2.24) is 0 Å². The fourth-order valence-corrected chi connectivity index (χ4v) is 2.13. The Morgan fingerprint density at radius 3 is 1.89 bits per heavy atom. The summed E-state index contributed by atoms with van der Waals surface area (Å²) >= 11 is 0. The van der Waals surface area contributed by atoms with Crippen molar-refractivity contribution in [1.29, 1.82) is 0 Å². The third-order valence-corrected chi connectivity index (χ3v) is 3.18. The van der Waals surface area contributed by atoms with E-state index in [4.69, 9.17) is 17.7 Å². The average Bonchev–Trinajstić information content (AvgIpc) is 2.72. The van der Waals surface area contributed by atoms with E-state index < -0.39 is 5.97 Å². The van der Waals surface area contributed by atoms with Crippen LogP contribution < -0.4 is 0 Å². The molecule has 3 heteroatoms. The summed E-state index contributed by atoms with van der Waals surface area (Å²) in [5, 5.41) is 0. The molecule has 0 radical (unpaired) electrons. The number of ether oxygens (including phenoxy) is 1. The van der Waals surface area contributed by atoms with Crippen LogP contribution in [0.25, 0.3) is 10.4 Å². The molecule has 2 aromatic rings. The lowest BCUT2D eigenvalue weighted by Crippen LogP contribution is -2.05. The molecular formula is C24H11NO2. The van der Waals surface area contributed by atoms with Crippen molar-refractivity contribution in [3.63, 3.8) is 0 Å². The monoisotopic (exact) mass is 345 g/mol. The fourth-order valence-electron chi connectivity index (χ4n) is 2.13. The SMILES string of the molecule is [C-]#[N+]C(C(=O)OC#CC#CC#CC#C)=C(c1ccccc1)c1ccccc1. The number of esters is 1. The zero-order valence-electron chi connectivity index (χ0n) is 14.1. The molecule has 0 aliphatic heterocycles. The quantitative estimate of drug-likeness (QED) is 0.369. The molecule has 2 aromatic carbocycles. The Balaban J connectivity index is 2.41. The number of nitrogens with zero attached hydrogens (tertiary/aromatic N) is 1. The molecule has 0 saturated carbocycles. The Labute approximate surface area is 158 Å².